The maximum absolute atomic E-state index is 8.98. The summed E-state index contributed by atoms with van der Waals surface area (Å²) in [5.41, 5.74) is 2.64. The maximum Gasteiger partial charge on any atom is 0.132 e. The number of nitrogens with zero attached hydrogens (tertiary/aromatic N) is 1. The number of hydrogen-bond acceptors (Lipinski definition) is 3. The molecule has 2 aromatic rings. The molecule has 102 valence electrons. The fourth-order valence-corrected chi connectivity index (χ4v) is 2.13. The Morgan fingerprint density at radius 3 is 2.45 bits per heavy atom. The van der Waals surface area contributed by atoms with E-state index in [2.05, 4.69) is 6.07 Å². The summed E-state index contributed by atoms with van der Waals surface area (Å²) in [4.78, 5) is 0. The first-order valence-corrected chi connectivity index (χ1v) is 6.62. The fraction of sp³-hybridized carbons (Fsp3) is 0.188. The smallest absolute Gasteiger partial charge is 0.132 e. The minimum Gasteiger partial charge on any atom is -0.497 e. The van der Waals surface area contributed by atoms with Crippen molar-refractivity contribution in [3.05, 3.63) is 53.1 Å². The predicted molar refractivity (Wildman–Crippen MR) is 78.5 cm³/mol. The van der Waals surface area contributed by atoms with Crippen molar-refractivity contribution in [2.75, 3.05) is 7.11 Å². The summed E-state index contributed by atoms with van der Waals surface area (Å²) in [7, 11) is 1.56. The number of aryl methyl sites for hydroxylation is 1. The SMILES string of the molecule is COc1cc(C#N)cc(Oc2ccc(CCl)c(C)c2)c1. The van der Waals surface area contributed by atoms with Gasteiger partial charge in [0, 0.05) is 11.9 Å². The first kappa shape index (κ1) is 14.2. The van der Waals surface area contributed by atoms with Gasteiger partial charge in [0.25, 0.3) is 0 Å². The second-order valence-electron chi connectivity index (χ2n) is 4.33. The number of benzene rings is 2. The van der Waals surface area contributed by atoms with Gasteiger partial charge < -0.3 is 9.47 Å². The summed E-state index contributed by atoms with van der Waals surface area (Å²) in [6.45, 7) is 1.98. The highest BCUT2D eigenvalue weighted by Crippen LogP contribution is 2.28. The third-order valence-electron chi connectivity index (χ3n) is 2.94. The molecule has 0 aromatic heterocycles. The van der Waals surface area contributed by atoms with Gasteiger partial charge in [0.05, 0.1) is 18.7 Å². The highest BCUT2D eigenvalue weighted by molar-refractivity contribution is 6.17. The third kappa shape index (κ3) is 3.23. The molecule has 0 fully saturated rings. The summed E-state index contributed by atoms with van der Waals surface area (Å²) in [6.07, 6.45) is 0. The lowest BCUT2D eigenvalue weighted by Crippen LogP contribution is -1.91. The number of nitriles is 1. The molecule has 0 unspecified atom stereocenters. The molecular formula is C16H14ClNO2. The molecule has 0 aliphatic carbocycles. The summed E-state index contributed by atoms with van der Waals surface area (Å²) in [6, 6.07) is 12.9. The monoisotopic (exact) mass is 287 g/mol. The molecular weight excluding hydrogens is 274 g/mol. The normalized spacial score (nSPS) is 9.90. The number of ether oxygens (including phenoxy) is 2. The Labute approximate surface area is 123 Å². The van der Waals surface area contributed by atoms with Gasteiger partial charge in [-0.15, -0.1) is 11.6 Å². The molecule has 2 rings (SSSR count). The van der Waals surface area contributed by atoms with Crippen LogP contribution in [0.3, 0.4) is 0 Å². The van der Waals surface area contributed by atoms with Gasteiger partial charge in [0.1, 0.15) is 17.2 Å². The van der Waals surface area contributed by atoms with Crippen molar-refractivity contribution in [3.63, 3.8) is 0 Å². The molecule has 0 radical (unpaired) electrons. The van der Waals surface area contributed by atoms with E-state index in [1.165, 1.54) is 0 Å². The van der Waals surface area contributed by atoms with Crippen LogP contribution in [-0.2, 0) is 5.88 Å². The molecule has 3 nitrogen and oxygen atoms in total. The number of hydrogen-bond donors (Lipinski definition) is 0. The van der Waals surface area contributed by atoms with E-state index in [9.17, 15) is 0 Å². The third-order valence-corrected chi connectivity index (χ3v) is 3.23. The number of methoxy groups -OCH3 is 1. The Morgan fingerprint density at radius 2 is 1.85 bits per heavy atom. The van der Waals surface area contributed by atoms with Crippen molar-refractivity contribution in [1.82, 2.24) is 0 Å². The van der Waals surface area contributed by atoms with E-state index in [1.807, 2.05) is 25.1 Å². The van der Waals surface area contributed by atoms with E-state index in [0.717, 1.165) is 11.1 Å². The van der Waals surface area contributed by atoms with Crippen LogP contribution >= 0.6 is 11.6 Å². The first-order valence-electron chi connectivity index (χ1n) is 6.09. The molecule has 0 saturated carbocycles. The van der Waals surface area contributed by atoms with Crippen molar-refractivity contribution in [1.29, 1.82) is 5.26 Å². The Bertz CT molecular complexity index is 662. The number of rotatable bonds is 4. The molecule has 0 amide bonds. The van der Waals surface area contributed by atoms with Crippen LogP contribution in [0.1, 0.15) is 16.7 Å². The van der Waals surface area contributed by atoms with Crippen LogP contribution < -0.4 is 9.47 Å². The lowest BCUT2D eigenvalue weighted by Gasteiger charge is -2.10. The van der Waals surface area contributed by atoms with E-state index in [-0.39, 0.29) is 0 Å². The fourth-order valence-electron chi connectivity index (χ4n) is 1.83. The summed E-state index contributed by atoms with van der Waals surface area (Å²) >= 11 is 5.83. The highest BCUT2D eigenvalue weighted by Gasteiger charge is 2.05. The standard InChI is InChI=1S/C16H14ClNO2/c1-11-5-14(4-3-13(11)9-17)20-16-7-12(10-18)6-15(8-16)19-2/h3-8H,9H2,1-2H3. The average Bonchev–Trinajstić information content (AvgIpc) is 2.47. The minimum atomic E-state index is 0.476. The van der Waals surface area contributed by atoms with Gasteiger partial charge in [0.15, 0.2) is 0 Å². The van der Waals surface area contributed by atoms with Gasteiger partial charge in [0.2, 0.25) is 0 Å². The van der Waals surface area contributed by atoms with Crippen molar-refractivity contribution < 1.29 is 9.47 Å². The molecule has 0 spiro atoms. The summed E-state index contributed by atoms with van der Waals surface area (Å²) in [5.74, 6) is 2.34. The van der Waals surface area contributed by atoms with Crippen LogP contribution in [0.15, 0.2) is 36.4 Å². The van der Waals surface area contributed by atoms with Crippen molar-refractivity contribution in [2.45, 2.75) is 12.8 Å². The highest BCUT2D eigenvalue weighted by atomic mass is 35.5. The molecule has 4 heteroatoms. The molecule has 0 heterocycles. The summed E-state index contributed by atoms with van der Waals surface area (Å²) < 4.78 is 10.9. The van der Waals surface area contributed by atoms with E-state index in [0.29, 0.717) is 28.7 Å². The topological polar surface area (TPSA) is 42.2 Å². The second-order valence-corrected chi connectivity index (χ2v) is 4.60. The van der Waals surface area contributed by atoms with E-state index >= 15 is 0 Å². The zero-order valence-electron chi connectivity index (χ0n) is 11.3. The Balaban J connectivity index is 2.30. The largest absolute Gasteiger partial charge is 0.497 e. The van der Waals surface area contributed by atoms with E-state index in [4.69, 9.17) is 26.3 Å². The zero-order valence-corrected chi connectivity index (χ0v) is 12.1. The lowest BCUT2D eigenvalue weighted by molar-refractivity contribution is 0.409. The van der Waals surface area contributed by atoms with Crippen LogP contribution in [-0.4, -0.2) is 7.11 Å². The quantitative estimate of drug-likeness (QED) is 0.782. The van der Waals surface area contributed by atoms with Gasteiger partial charge in [-0.2, -0.15) is 5.26 Å². The first-order chi connectivity index (χ1) is 9.66. The molecule has 2 aromatic carbocycles. The van der Waals surface area contributed by atoms with Crippen LogP contribution in [0.25, 0.3) is 0 Å². The zero-order chi connectivity index (χ0) is 14.5. The maximum atomic E-state index is 8.98. The minimum absolute atomic E-state index is 0.476. The molecule has 0 saturated heterocycles. The average molecular weight is 288 g/mol. The summed E-state index contributed by atoms with van der Waals surface area (Å²) in [5, 5.41) is 8.98. The lowest BCUT2D eigenvalue weighted by atomic mass is 10.1. The van der Waals surface area contributed by atoms with Crippen molar-refractivity contribution >= 4 is 11.6 Å². The van der Waals surface area contributed by atoms with Crippen molar-refractivity contribution in [3.8, 4) is 23.3 Å². The number of halogens is 1. The van der Waals surface area contributed by atoms with Gasteiger partial charge in [-0.3, -0.25) is 0 Å². The van der Waals surface area contributed by atoms with Crippen LogP contribution in [0, 0.1) is 18.3 Å². The van der Waals surface area contributed by atoms with Crippen LogP contribution in [0.4, 0.5) is 0 Å². The molecule has 0 atom stereocenters. The molecule has 0 aliphatic heterocycles. The van der Waals surface area contributed by atoms with Gasteiger partial charge in [-0.25, -0.2) is 0 Å². The number of alkyl halides is 1. The molecule has 20 heavy (non-hydrogen) atoms. The van der Waals surface area contributed by atoms with Gasteiger partial charge in [-0.05, 0) is 42.3 Å². The predicted octanol–water partition coefficient (Wildman–Crippen LogP) is 4.41. The Hall–Kier alpha value is -2.18. The molecule has 0 N–H and O–H groups in total. The van der Waals surface area contributed by atoms with Crippen LogP contribution in [0.5, 0.6) is 17.2 Å². The van der Waals surface area contributed by atoms with Crippen molar-refractivity contribution in [2.24, 2.45) is 0 Å². The molecule has 0 aliphatic rings. The Morgan fingerprint density at radius 1 is 1.10 bits per heavy atom. The second kappa shape index (κ2) is 6.31. The molecule has 0 bridgehead atoms. The van der Waals surface area contributed by atoms with Crippen LogP contribution in [0.2, 0.25) is 0 Å². The van der Waals surface area contributed by atoms with E-state index < -0.39 is 0 Å². The Kier molecular flexibility index (Phi) is 4.49. The van der Waals surface area contributed by atoms with Gasteiger partial charge >= 0.3 is 0 Å². The van der Waals surface area contributed by atoms with E-state index in [1.54, 1.807) is 25.3 Å². The van der Waals surface area contributed by atoms with Gasteiger partial charge in [-0.1, -0.05) is 6.07 Å².